The van der Waals surface area contributed by atoms with Gasteiger partial charge in [-0.2, -0.15) is 5.10 Å². The van der Waals surface area contributed by atoms with Crippen LogP contribution in [0.5, 0.6) is 0 Å². The van der Waals surface area contributed by atoms with E-state index in [1.54, 1.807) is 0 Å². The molecule has 0 radical (unpaired) electrons. The largest absolute Gasteiger partial charge is 0.305 e. The van der Waals surface area contributed by atoms with Gasteiger partial charge in [0.05, 0.1) is 12.3 Å². The Hall–Kier alpha value is -2.13. The SMILES string of the molecule is CN(C)Cc1ccccc1C1NN=Cc2ccccc21. The highest BCUT2D eigenvalue weighted by Gasteiger charge is 2.21. The molecule has 102 valence electrons. The van der Waals surface area contributed by atoms with Crippen LogP contribution in [0, 0.1) is 0 Å². The maximum Gasteiger partial charge on any atom is 0.0949 e. The number of nitrogens with zero attached hydrogens (tertiary/aromatic N) is 2. The third-order valence-corrected chi connectivity index (χ3v) is 3.57. The minimum atomic E-state index is 0.132. The molecule has 0 bridgehead atoms. The fourth-order valence-electron chi connectivity index (χ4n) is 2.68. The molecule has 1 aliphatic rings. The summed E-state index contributed by atoms with van der Waals surface area (Å²) >= 11 is 0. The van der Waals surface area contributed by atoms with E-state index in [0.29, 0.717) is 0 Å². The van der Waals surface area contributed by atoms with Gasteiger partial charge in [0.25, 0.3) is 0 Å². The van der Waals surface area contributed by atoms with Crippen molar-refractivity contribution in [3.63, 3.8) is 0 Å². The molecule has 0 aliphatic carbocycles. The number of hydrogen-bond donors (Lipinski definition) is 1. The van der Waals surface area contributed by atoms with E-state index >= 15 is 0 Å². The molecule has 2 aromatic carbocycles. The molecular formula is C17H19N3. The van der Waals surface area contributed by atoms with Crippen LogP contribution < -0.4 is 5.43 Å². The molecule has 3 nitrogen and oxygen atoms in total. The van der Waals surface area contributed by atoms with Crippen LogP contribution in [0.25, 0.3) is 0 Å². The number of nitrogens with one attached hydrogen (secondary N) is 1. The zero-order valence-corrected chi connectivity index (χ0v) is 11.9. The van der Waals surface area contributed by atoms with Crippen LogP contribution in [0.15, 0.2) is 53.6 Å². The molecule has 0 saturated heterocycles. The second kappa shape index (κ2) is 5.47. The van der Waals surface area contributed by atoms with Crippen molar-refractivity contribution in [3.8, 4) is 0 Å². The summed E-state index contributed by atoms with van der Waals surface area (Å²) in [5.74, 6) is 0. The van der Waals surface area contributed by atoms with Crippen molar-refractivity contribution in [1.82, 2.24) is 10.3 Å². The van der Waals surface area contributed by atoms with Crippen molar-refractivity contribution >= 4 is 6.21 Å². The van der Waals surface area contributed by atoms with Crippen molar-refractivity contribution in [2.45, 2.75) is 12.6 Å². The van der Waals surface area contributed by atoms with Crippen molar-refractivity contribution in [2.24, 2.45) is 5.10 Å². The number of hydrogen-bond acceptors (Lipinski definition) is 3. The predicted octanol–water partition coefficient (Wildman–Crippen LogP) is 2.77. The van der Waals surface area contributed by atoms with Crippen molar-refractivity contribution in [1.29, 1.82) is 0 Å². The third-order valence-electron chi connectivity index (χ3n) is 3.57. The highest BCUT2D eigenvalue weighted by Crippen LogP contribution is 2.29. The van der Waals surface area contributed by atoms with Crippen LogP contribution in [0.4, 0.5) is 0 Å². The molecule has 0 aromatic heterocycles. The molecule has 3 heteroatoms. The molecule has 2 aromatic rings. The van der Waals surface area contributed by atoms with Gasteiger partial charge in [-0.3, -0.25) is 5.43 Å². The number of hydrazone groups is 1. The smallest absolute Gasteiger partial charge is 0.0949 e. The Morgan fingerprint density at radius 2 is 1.70 bits per heavy atom. The summed E-state index contributed by atoms with van der Waals surface area (Å²) in [5.41, 5.74) is 8.36. The molecule has 0 fully saturated rings. The molecule has 0 amide bonds. The van der Waals surface area contributed by atoms with Gasteiger partial charge in [0.2, 0.25) is 0 Å². The van der Waals surface area contributed by atoms with Crippen LogP contribution in [-0.4, -0.2) is 25.2 Å². The van der Waals surface area contributed by atoms with Crippen LogP contribution in [0.1, 0.15) is 28.3 Å². The average molecular weight is 265 g/mol. The normalized spacial score (nSPS) is 16.9. The fourth-order valence-corrected chi connectivity index (χ4v) is 2.68. The molecule has 20 heavy (non-hydrogen) atoms. The Morgan fingerprint density at radius 3 is 2.50 bits per heavy atom. The zero-order chi connectivity index (χ0) is 13.9. The van der Waals surface area contributed by atoms with E-state index in [2.05, 4.69) is 78.1 Å². The quantitative estimate of drug-likeness (QED) is 0.924. The Kier molecular flexibility index (Phi) is 3.52. The summed E-state index contributed by atoms with van der Waals surface area (Å²) in [6.07, 6.45) is 1.89. The summed E-state index contributed by atoms with van der Waals surface area (Å²) in [6.45, 7) is 0.931. The lowest BCUT2D eigenvalue weighted by Gasteiger charge is -2.26. The average Bonchev–Trinajstić information content (AvgIpc) is 2.47. The minimum Gasteiger partial charge on any atom is -0.305 e. The van der Waals surface area contributed by atoms with Gasteiger partial charge < -0.3 is 4.90 Å². The van der Waals surface area contributed by atoms with Gasteiger partial charge in [-0.15, -0.1) is 0 Å². The molecule has 1 atom stereocenters. The Bertz CT molecular complexity index is 632. The van der Waals surface area contributed by atoms with Gasteiger partial charge in [0.15, 0.2) is 0 Å². The highest BCUT2D eigenvalue weighted by molar-refractivity contribution is 5.83. The Labute approximate surface area is 119 Å². The van der Waals surface area contributed by atoms with Gasteiger partial charge in [0.1, 0.15) is 0 Å². The number of benzene rings is 2. The summed E-state index contributed by atoms with van der Waals surface area (Å²) in [4.78, 5) is 2.19. The van der Waals surface area contributed by atoms with Gasteiger partial charge in [0, 0.05) is 12.1 Å². The zero-order valence-electron chi connectivity index (χ0n) is 11.9. The van der Waals surface area contributed by atoms with Crippen LogP contribution in [0.2, 0.25) is 0 Å². The second-order valence-electron chi connectivity index (χ2n) is 5.39. The molecule has 0 spiro atoms. The number of fused-ring (bicyclic) bond motifs is 1. The molecule has 1 heterocycles. The maximum absolute atomic E-state index is 4.31. The third kappa shape index (κ3) is 2.45. The molecule has 1 unspecified atom stereocenters. The molecule has 1 N–H and O–H groups in total. The van der Waals surface area contributed by atoms with E-state index < -0.39 is 0 Å². The first-order valence-corrected chi connectivity index (χ1v) is 6.86. The maximum atomic E-state index is 4.31. The van der Waals surface area contributed by atoms with Crippen LogP contribution >= 0.6 is 0 Å². The molecule has 0 saturated carbocycles. The minimum absolute atomic E-state index is 0.132. The summed E-state index contributed by atoms with van der Waals surface area (Å²) in [6, 6.07) is 17.1. The van der Waals surface area contributed by atoms with E-state index in [4.69, 9.17) is 0 Å². The monoisotopic (exact) mass is 265 g/mol. The molecule has 3 rings (SSSR count). The van der Waals surface area contributed by atoms with E-state index in [-0.39, 0.29) is 6.04 Å². The van der Waals surface area contributed by atoms with Gasteiger partial charge in [-0.1, -0.05) is 48.5 Å². The number of rotatable bonds is 3. The predicted molar refractivity (Wildman–Crippen MR) is 82.8 cm³/mol. The lowest BCUT2D eigenvalue weighted by Crippen LogP contribution is -2.24. The topological polar surface area (TPSA) is 27.6 Å². The Balaban J connectivity index is 2.04. The first kappa shape index (κ1) is 12.9. The van der Waals surface area contributed by atoms with Crippen molar-refractivity contribution in [3.05, 3.63) is 70.8 Å². The van der Waals surface area contributed by atoms with Gasteiger partial charge >= 0.3 is 0 Å². The summed E-state index contributed by atoms with van der Waals surface area (Å²) in [5, 5.41) is 4.31. The fraction of sp³-hybridized carbons (Fsp3) is 0.235. The lowest BCUT2D eigenvalue weighted by atomic mass is 9.91. The standard InChI is InChI=1S/C17H19N3/c1-20(2)12-14-8-4-6-10-16(14)17-15-9-5-3-7-13(15)11-18-19-17/h3-11,17,19H,12H2,1-2H3. The van der Waals surface area contributed by atoms with Crippen molar-refractivity contribution in [2.75, 3.05) is 14.1 Å². The van der Waals surface area contributed by atoms with Crippen LogP contribution in [-0.2, 0) is 6.54 Å². The van der Waals surface area contributed by atoms with Crippen molar-refractivity contribution < 1.29 is 0 Å². The van der Waals surface area contributed by atoms with E-state index in [1.165, 1.54) is 22.3 Å². The first-order chi connectivity index (χ1) is 9.75. The molecular weight excluding hydrogens is 246 g/mol. The first-order valence-electron chi connectivity index (χ1n) is 6.86. The highest BCUT2D eigenvalue weighted by atomic mass is 15.3. The lowest BCUT2D eigenvalue weighted by molar-refractivity contribution is 0.399. The van der Waals surface area contributed by atoms with E-state index in [1.807, 2.05) is 6.21 Å². The Morgan fingerprint density at radius 1 is 1.00 bits per heavy atom. The van der Waals surface area contributed by atoms with Gasteiger partial charge in [-0.25, -0.2) is 0 Å². The summed E-state index contributed by atoms with van der Waals surface area (Å²) in [7, 11) is 4.19. The second-order valence-corrected chi connectivity index (χ2v) is 5.39. The molecule has 1 aliphatic heterocycles. The van der Waals surface area contributed by atoms with Gasteiger partial charge in [-0.05, 0) is 30.8 Å². The van der Waals surface area contributed by atoms with E-state index in [9.17, 15) is 0 Å². The van der Waals surface area contributed by atoms with Crippen LogP contribution in [0.3, 0.4) is 0 Å². The van der Waals surface area contributed by atoms with E-state index in [0.717, 1.165) is 6.54 Å². The summed E-state index contributed by atoms with van der Waals surface area (Å²) < 4.78 is 0.